The maximum absolute atomic E-state index is 12.3. The van der Waals surface area contributed by atoms with E-state index >= 15 is 0 Å². The lowest BCUT2D eigenvalue weighted by atomic mass is 10.1. The van der Waals surface area contributed by atoms with E-state index in [1.54, 1.807) is 24.3 Å². The van der Waals surface area contributed by atoms with Crippen LogP contribution in [0.25, 0.3) is 0 Å². The zero-order valence-electron chi connectivity index (χ0n) is 15.9. The van der Waals surface area contributed by atoms with Crippen molar-refractivity contribution >= 4 is 33.2 Å². The van der Waals surface area contributed by atoms with Gasteiger partial charge in [-0.1, -0.05) is 11.6 Å². The van der Waals surface area contributed by atoms with Crippen LogP contribution in [0.3, 0.4) is 0 Å². The number of hydrogen-bond donors (Lipinski definition) is 4. The molecule has 7 nitrogen and oxygen atoms in total. The summed E-state index contributed by atoms with van der Waals surface area (Å²) in [5.41, 5.74) is 2.01. The van der Waals surface area contributed by atoms with Gasteiger partial charge >= 0.3 is 0 Å². The molecule has 2 aromatic carbocycles. The van der Waals surface area contributed by atoms with Gasteiger partial charge in [-0.15, -0.1) is 0 Å². The van der Waals surface area contributed by atoms with Crippen LogP contribution in [0.1, 0.15) is 35.3 Å². The standard InChI is InChI=1S/C19H24ClN3O4S/c1-12(2)22-19(25)14-6-13(7-17(9-14)23-28(3,26)27)10-21-11-15-8-16(20)4-5-18(15)24/h4-9,12,21,23-24H,10-11H2,1-3H3,(H,22,25). The van der Waals surface area contributed by atoms with Crippen LogP contribution < -0.4 is 15.4 Å². The maximum atomic E-state index is 12.3. The van der Waals surface area contributed by atoms with E-state index in [0.717, 1.165) is 6.26 Å². The molecule has 2 aromatic rings. The lowest BCUT2D eigenvalue weighted by molar-refractivity contribution is 0.0943. The first kappa shape index (κ1) is 22.0. The Bertz CT molecular complexity index is 962. The molecule has 0 unspecified atom stereocenters. The van der Waals surface area contributed by atoms with Gasteiger partial charge in [-0.05, 0) is 55.8 Å². The molecule has 0 aliphatic carbocycles. The van der Waals surface area contributed by atoms with E-state index < -0.39 is 10.0 Å². The molecule has 28 heavy (non-hydrogen) atoms. The normalized spacial score (nSPS) is 11.5. The van der Waals surface area contributed by atoms with Crippen LogP contribution in [0.15, 0.2) is 36.4 Å². The summed E-state index contributed by atoms with van der Waals surface area (Å²) < 4.78 is 25.5. The van der Waals surface area contributed by atoms with Gasteiger partial charge in [0.25, 0.3) is 5.91 Å². The van der Waals surface area contributed by atoms with E-state index in [0.29, 0.717) is 40.5 Å². The van der Waals surface area contributed by atoms with Crippen LogP contribution in [0.4, 0.5) is 5.69 Å². The molecule has 0 aliphatic rings. The van der Waals surface area contributed by atoms with Crippen molar-refractivity contribution < 1.29 is 18.3 Å². The second kappa shape index (κ2) is 9.27. The summed E-state index contributed by atoms with van der Waals surface area (Å²) in [4.78, 5) is 12.3. The van der Waals surface area contributed by atoms with Gasteiger partial charge in [0.05, 0.1) is 6.26 Å². The third kappa shape index (κ3) is 7.03. The smallest absolute Gasteiger partial charge is 0.251 e. The molecule has 152 valence electrons. The van der Waals surface area contributed by atoms with E-state index in [1.165, 1.54) is 12.1 Å². The minimum absolute atomic E-state index is 0.0496. The molecule has 0 spiro atoms. The summed E-state index contributed by atoms with van der Waals surface area (Å²) in [5, 5.41) is 16.3. The lowest BCUT2D eigenvalue weighted by Gasteiger charge is -2.13. The largest absolute Gasteiger partial charge is 0.508 e. The predicted molar refractivity (Wildman–Crippen MR) is 111 cm³/mol. The van der Waals surface area contributed by atoms with Gasteiger partial charge in [0.1, 0.15) is 5.75 Å². The Kier molecular flexibility index (Phi) is 7.29. The average molecular weight is 426 g/mol. The van der Waals surface area contributed by atoms with E-state index in [-0.39, 0.29) is 17.7 Å². The predicted octanol–water partition coefficient (Wildman–Crippen LogP) is 2.85. The molecule has 0 aromatic heterocycles. The van der Waals surface area contributed by atoms with E-state index in [2.05, 4.69) is 15.4 Å². The van der Waals surface area contributed by atoms with Gasteiger partial charge in [0.15, 0.2) is 0 Å². The molecule has 2 rings (SSSR count). The molecular weight excluding hydrogens is 402 g/mol. The number of rotatable bonds is 8. The zero-order chi connectivity index (χ0) is 20.9. The number of aromatic hydroxyl groups is 1. The first-order valence-corrected chi connectivity index (χ1v) is 10.9. The Morgan fingerprint density at radius 3 is 2.50 bits per heavy atom. The lowest BCUT2D eigenvalue weighted by Crippen LogP contribution is -2.30. The first-order valence-electron chi connectivity index (χ1n) is 8.64. The number of carbonyl (C=O) groups is 1. The Morgan fingerprint density at radius 1 is 1.14 bits per heavy atom. The van der Waals surface area contributed by atoms with Gasteiger partial charge in [0.2, 0.25) is 10.0 Å². The molecule has 4 N–H and O–H groups in total. The number of phenols is 1. The quantitative estimate of drug-likeness (QED) is 0.520. The molecule has 0 saturated heterocycles. The Balaban J connectivity index is 2.20. The number of amides is 1. The third-order valence-corrected chi connectivity index (χ3v) is 4.51. The summed E-state index contributed by atoms with van der Waals surface area (Å²) in [6.07, 6.45) is 1.05. The summed E-state index contributed by atoms with van der Waals surface area (Å²) in [6, 6.07) is 9.56. The van der Waals surface area contributed by atoms with Gasteiger partial charge in [-0.3, -0.25) is 9.52 Å². The number of carbonyl (C=O) groups excluding carboxylic acids is 1. The fraction of sp³-hybridized carbons (Fsp3) is 0.316. The second-order valence-electron chi connectivity index (χ2n) is 6.80. The van der Waals surface area contributed by atoms with Crippen molar-refractivity contribution in [3.63, 3.8) is 0 Å². The maximum Gasteiger partial charge on any atom is 0.251 e. The highest BCUT2D eigenvalue weighted by atomic mass is 35.5. The number of benzene rings is 2. The highest BCUT2D eigenvalue weighted by Crippen LogP contribution is 2.22. The number of sulfonamides is 1. The minimum Gasteiger partial charge on any atom is -0.508 e. The van der Waals surface area contributed by atoms with Gasteiger partial charge < -0.3 is 15.7 Å². The summed E-state index contributed by atoms with van der Waals surface area (Å²) in [7, 11) is -3.48. The van der Waals surface area contributed by atoms with E-state index in [9.17, 15) is 18.3 Å². The van der Waals surface area contributed by atoms with Crippen molar-refractivity contribution in [2.75, 3.05) is 11.0 Å². The van der Waals surface area contributed by atoms with Crippen molar-refractivity contribution in [3.05, 3.63) is 58.1 Å². The van der Waals surface area contributed by atoms with Gasteiger partial charge in [0, 0.05) is 41.0 Å². The van der Waals surface area contributed by atoms with Crippen LogP contribution in [-0.2, 0) is 23.1 Å². The molecule has 0 heterocycles. The molecule has 0 atom stereocenters. The number of anilines is 1. The molecule has 9 heteroatoms. The number of nitrogens with one attached hydrogen (secondary N) is 3. The topological polar surface area (TPSA) is 108 Å². The van der Waals surface area contributed by atoms with Crippen LogP contribution >= 0.6 is 11.6 Å². The molecule has 0 saturated carbocycles. The van der Waals surface area contributed by atoms with Crippen LogP contribution in [0, 0.1) is 0 Å². The fourth-order valence-corrected chi connectivity index (χ4v) is 3.32. The van der Waals surface area contributed by atoms with Crippen molar-refractivity contribution in [1.29, 1.82) is 0 Å². The fourth-order valence-electron chi connectivity index (χ4n) is 2.58. The summed E-state index contributed by atoms with van der Waals surface area (Å²) >= 11 is 5.94. The van der Waals surface area contributed by atoms with Crippen molar-refractivity contribution in [2.45, 2.75) is 33.0 Å². The molecule has 0 bridgehead atoms. The van der Waals surface area contributed by atoms with Crippen molar-refractivity contribution in [2.24, 2.45) is 0 Å². The van der Waals surface area contributed by atoms with Gasteiger partial charge in [-0.2, -0.15) is 0 Å². The molecular formula is C19H24ClN3O4S. The number of hydrogen-bond acceptors (Lipinski definition) is 5. The monoisotopic (exact) mass is 425 g/mol. The first-order chi connectivity index (χ1) is 13.0. The third-order valence-electron chi connectivity index (χ3n) is 3.66. The van der Waals surface area contributed by atoms with Gasteiger partial charge in [-0.25, -0.2) is 8.42 Å². The molecule has 0 fully saturated rings. The Hall–Kier alpha value is -2.29. The molecule has 0 radical (unpaired) electrons. The second-order valence-corrected chi connectivity index (χ2v) is 8.98. The Labute approximate surface area is 170 Å². The van der Waals surface area contributed by atoms with Crippen LogP contribution in [0.2, 0.25) is 5.02 Å². The van der Waals surface area contributed by atoms with Crippen LogP contribution in [-0.4, -0.2) is 31.7 Å². The zero-order valence-corrected chi connectivity index (χ0v) is 17.5. The summed E-state index contributed by atoms with van der Waals surface area (Å²) in [5.74, 6) is -0.165. The summed E-state index contributed by atoms with van der Waals surface area (Å²) in [6.45, 7) is 4.39. The SMILES string of the molecule is CC(C)NC(=O)c1cc(CNCc2cc(Cl)ccc2O)cc(NS(C)(=O)=O)c1. The highest BCUT2D eigenvalue weighted by molar-refractivity contribution is 7.92. The Morgan fingerprint density at radius 2 is 1.86 bits per heavy atom. The van der Waals surface area contributed by atoms with E-state index in [1.807, 2.05) is 13.8 Å². The van der Waals surface area contributed by atoms with E-state index in [4.69, 9.17) is 11.6 Å². The highest BCUT2D eigenvalue weighted by Gasteiger charge is 2.12. The minimum atomic E-state index is -3.48. The van der Waals surface area contributed by atoms with Crippen LogP contribution in [0.5, 0.6) is 5.75 Å². The number of phenolic OH excluding ortho intramolecular Hbond substituents is 1. The molecule has 0 aliphatic heterocycles. The van der Waals surface area contributed by atoms with Crippen molar-refractivity contribution in [3.8, 4) is 5.75 Å². The van der Waals surface area contributed by atoms with Crippen molar-refractivity contribution in [1.82, 2.24) is 10.6 Å². The molecule has 1 amide bonds. The average Bonchev–Trinajstić information content (AvgIpc) is 2.55. The number of halogens is 1.